The maximum absolute atomic E-state index is 4.53. The summed E-state index contributed by atoms with van der Waals surface area (Å²) in [6.45, 7) is 8.11. The average molecular weight is 274 g/mol. The Bertz CT molecular complexity index is 759. The lowest BCUT2D eigenvalue weighted by Gasteiger charge is -2.15. The molecular weight excluding hydrogens is 256 g/mol. The maximum Gasteiger partial charge on any atom is 0.144 e. The molecule has 2 aromatic carbocycles. The van der Waals surface area contributed by atoms with Crippen LogP contribution < -0.4 is 0 Å². The minimum atomic E-state index is 0.966. The monoisotopic (exact) mass is 274 g/mol. The normalized spacial score (nSPS) is 10.6. The number of aryl methyl sites for hydroxylation is 2. The van der Waals surface area contributed by atoms with Crippen LogP contribution in [-0.4, -0.2) is 9.55 Å². The van der Waals surface area contributed by atoms with E-state index in [1.807, 2.05) is 36.7 Å². The molecule has 2 nitrogen and oxygen atoms in total. The van der Waals surface area contributed by atoms with Crippen LogP contribution in [0.5, 0.6) is 0 Å². The summed E-state index contributed by atoms with van der Waals surface area (Å²) < 4.78 is 2.16. The summed E-state index contributed by atoms with van der Waals surface area (Å²) in [6.07, 6.45) is 5.75. The average Bonchev–Trinajstić information content (AvgIpc) is 2.96. The molecule has 0 radical (unpaired) electrons. The first-order valence-electron chi connectivity index (χ1n) is 7.03. The second kappa shape index (κ2) is 5.41. The van der Waals surface area contributed by atoms with E-state index in [4.69, 9.17) is 0 Å². The van der Waals surface area contributed by atoms with Crippen LogP contribution in [0.1, 0.15) is 16.7 Å². The molecule has 0 saturated carbocycles. The lowest BCUT2D eigenvalue weighted by molar-refractivity contribution is 1.03. The van der Waals surface area contributed by atoms with Gasteiger partial charge in [-0.1, -0.05) is 43.0 Å². The van der Waals surface area contributed by atoms with Crippen LogP contribution in [0.15, 0.2) is 61.4 Å². The molecule has 0 saturated heterocycles. The first kappa shape index (κ1) is 13.4. The minimum Gasteiger partial charge on any atom is -0.299 e. The third-order valence-corrected chi connectivity index (χ3v) is 3.66. The SMILES string of the molecule is C=Cc1cc(C)c(-n2ccnc2-c2ccccc2)c(C)c1. The quantitative estimate of drug-likeness (QED) is 0.671. The Morgan fingerprint density at radius 1 is 1.05 bits per heavy atom. The first-order chi connectivity index (χ1) is 10.2. The fraction of sp³-hybridized carbons (Fsp3) is 0.105. The van der Waals surface area contributed by atoms with Gasteiger partial charge in [-0.05, 0) is 42.7 Å². The van der Waals surface area contributed by atoms with E-state index in [1.165, 1.54) is 16.8 Å². The lowest BCUT2D eigenvalue weighted by atomic mass is 10.0. The van der Waals surface area contributed by atoms with Gasteiger partial charge < -0.3 is 0 Å². The van der Waals surface area contributed by atoms with Crippen molar-refractivity contribution in [1.82, 2.24) is 9.55 Å². The Morgan fingerprint density at radius 2 is 1.71 bits per heavy atom. The number of benzene rings is 2. The second-order valence-electron chi connectivity index (χ2n) is 5.19. The van der Waals surface area contributed by atoms with Gasteiger partial charge in [-0.2, -0.15) is 0 Å². The van der Waals surface area contributed by atoms with Gasteiger partial charge in [-0.3, -0.25) is 4.57 Å². The molecule has 1 aromatic heterocycles. The third-order valence-electron chi connectivity index (χ3n) is 3.66. The zero-order chi connectivity index (χ0) is 14.8. The molecule has 21 heavy (non-hydrogen) atoms. The van der Waals surface area contributed by atoms with Crippen LogP contribution >= 0.6 is 0 Å². The second-order valence-corrected chi connectivity index (χ2v) is 5.19. The summed E-state index contributed by atoms with van der Waals surface area (Å²) in [6, 6.07) is 14.6. The number of nitrogens with zero attached hydrogens (tertiary/aromatic N) is 2. The van der Waals surface area contributed by atoms with E-state index in [2.05, 4.69) is 54.2 Å². The molecule has 0 unspecified atom stereocenters. The lowest BCUT2D eigenvalue weighted by Crippen LogP contribution is -2.02. The predicted molar refractivity (Wildman–Crippen MR) is 88.6 cm³/mol. The standard InChI is InChI=1S/C19H18N2/c1-4-16-12-14(2)18(15(3)13-16)21-11-10-20-19(21)17-8-6-5-7-9-17/h4-13H,1H2,2-3H3. The van der Waals surface area contributed by atoms with Crippen LogP contribution in [0.25, 0.3) is 23.2 Å². The highest BCUT2D eigenvalue weighted by molar-refractivity contribution is 5.63. The van der Waals surface area contributed by atoms with Crippen LogP contribution in [0.3, 0.4) is 0 Å². The van der Waals surface area contributed by atoms with Gasteiger partial charge in [0, 0.05) is 18.0 Å². The van der Waals surface area contributed by atoms with Crippen LogP contribution in [-0.2, 0) is 0 Å². The van der Waals surface area contributed by atoms with Crippen LogP contribution in [0.2, 0.25) is 0 Å². The number of rotatable bonds is 3. The van der Waals surface area contributed by atoms with E-state index in [9.17, 15) is 0 Å². The Hall–Kier alpha value is -2.61. The van der Waals surface area contributed by atoms with E-state index >= 15 is 0 Å². The Morgan fingerprint density at radius 3 is 2.33 bits per heavy atom. The first-order valence-corrected chi connectivity index (χ1v) is 7.03. The summed E-state index contributed by atoms with van der Waals surface area (Å²) in [5.41, 5.74) is 5.90. The molecule has 104 valence electrons. The van der Waals surface area contributed by atoms with Gasteiger partial charge in [0.25, 0.3) is 0 Å². The van der Waals surface area contributed by atoms with Gasteiger partial charge in [0.05, 0.1) is 5.69 Å². The van der Waals surface area contributed by atoms with Crippen molar-refractivity contribution in [1.29, 1.82) is 0 Å². The zero-order valence-electron chi connectivity index (χ0n) is 12.4. The van der Waals surface area contributed by atoms with Gasteiger partial charge >= 0.3 is 0 Å². The van der Waals surface area contributed by atoms with Gasteiger partial charge in [-0.25, -0.2) is 4.98 Å². The van der Waals surface area contributed by atoms with Gasteiger partial charge in [-0.15, -0.1) is 0 Å². The van der Waals surface area contributed by atoms with Crippen molar-refractivity contribution in [2.75, 3.05) is 0 Å². The third kappa shape index (κ3) is 2.40. The Balaban J connectivity index is 2.20. The summed E-state index contributed by atoms with van der Waals surface area (Å²) >= 11 is 0. The summed E-state index contributed by atoms with van der Waals surface area (Å²) in [5, 5.41) is 0. The van der Waals surface area contributed by atoms with E-state index in [-0.39, 0.29) is 0 Å². The molecule has 0 aliphatic carbocycles. The number of hydrogen-bond donors (Lipinski definition) is 0. The highest BCUT2D eigenvalue weighted by Gasteiger charge is 2.12. The molecule has 0 aliphatic heterocycles. The topological polar surface area (TPSA) is 17.8 Å². The maximum atomic E-state index is 4.53. The van der Waals surface area contributed by atoms with Crippen molar-refractivity contribution in [3.8, 4) is 17.1 Å². The van der Waals surface area contributed by atoms with E-state index in [1.54, 1.807) is 0 Å². The van der Waals surface area contributed by atoms with Crippen molar-refractivity contribution >= 4 is 6.08 Å². The molecular formula is C19H18N2. The largest absolute Gasteiger partial charge is 0.299 e. The molecule has 0 bridgehead atoms. The fourth-order valence-electron chi connectivity index (χ4n) is 2.77. The van der Waals surface area contributed by atoms with E-state index in [0.717, 1.165) is 17.0 Å². The minimum absolute atomic E-state index is 0.966. The van der Waals surface area contributed by atoms with Crippen LogP contribution in [0.4, 0.5) is 0 Å². The number of hydrogen-bond acceptors (Lipinski definition) is 1. The van der Waals surface area contributed by atoms with Crippen molar-refractivity contribution < 1.29 is 0 Å². The summed E-state index contributed by atoms with van der Waals surface area (Å²) in [7, 11) is 0. The molecule has 3 aromatic rings. The van der Waals surface area contributed by atoms with Gasteiger partial charge in [0.2, 0.25) is 0 Å². The number of imidazole rings is 1. The molecule has 0 fully saturated rings. The molecule has 3 rings (SSSR count). The summed E-state index contributed by atoms with van der Waals surface area (Å²) in [4.78, 5) is 4.53. The Labute approximate surface area is 125 Å². The molecule has 1 heterocycles. The zero-order valence-corrected chi connectivity index (χ0v) is 12.4. The van der Waals surface area contributed by atoms with Gasteiger partial charge in [0.15, 0.2) is 0 Å². The number of aromatic nitrogens is 2. The Kier molecular flexibility index (Phi) is 3.44. The molecule has 0 N–H and O–H groups in total. The highest BCUT2D eigenvalue weighted by atomic mass is 15.1. The molecule has 0 aliphatic rings. The molecule has 0 atom stereocenters. The summed E-state index contributed by atoms with van der Waals surface area (Å²) in [5.74, 6) is 0.966. The van der Waals surface area contributed by atoms with E-state index < -0.39 is 0 Å². The van der Waals surface area contributed by atoms with E-state index in [0.29, 0.717) is 0 Å². The highest BCUT2D eigenvalue weighted by Crippen LogP contribution is 2.27. The van der Waals surface area contributed by atoms with Gasteiger partial charge in [0.1, 0.15) is 5.82 Å². The van der Waals surface area contributed by atoms with Crippen LogP contribution in [0, 0.1) is 13.8 Å². The van der Waals surface area contributed by atoms with Crippen molar-refractivity contribution in [2.24, 2.45) is 0 Å². The molecule has 0 spiro atoms. The fourth-order valence-corrected chi connectivity index (χ4v) is 2.77. The molecule has 2 heteroatoms. The van der Waals surface area contributed by atoms with Crippen molar-refractivity contribution in [3.05, 3.63) is 78.1 Å². The predicted octanol–water partition coefficient (Wildman–Crippen LogP) is 4.80. The van der Waals surface area contributed by atoms with Crippen molar-refractivity contribution in [2.45, 2.75) is 13.8 Å². The smallest absolute Gasteiger partial charge is 0.144 e. The van der Waals surface area contributed by atoms with Crippen molar-refractivity contribution in [3.63, 3.8) is 0 Å². The molecule has 0 amide bonds.